The molecule has 0 unspecified atom stereocenters. The van der Waals surface area contributed by atoms with Crippen molar-refractivity contribution in [2.24, 2.45) is 0 Å². The van der Waals surface area contributed by atoms with E-state index in [1.807, 2.05) is 0 Å². The van der Waals surface area contributed by atoms with Gasteiger partial charge in [0, 0.05) is 13.7 Å². The first-order valence-corrected chi connectivity index (χ1v) is 7.21. The summed E-state index contributed by atoms with van der Waals surface area (Å²) in [5.74, 6) is 0. The zero-order chi connectivity index (χ0) is 12.8. The van der Waals surface area contributed by atoms with Crippen LogP contribution < -0.4 is 9.44 Å². The van der Waals surface area contributed by atoms with E-state index in [1.165, 1.54) is 7.11 Å². The summed E-state index contributed by atoms with van der Waals surface area (Å²) >= 11 is 0. The van der Waals surface area contributed by atoms with Crippen LogP contribution >= 0.6 is 0 Å². The van der Waals surface area contributed by atoms with Crippen LogP contribution in [0.2, 0.25) is 0 Å². The summed E-state index contributed by atoms with van der Waals surface area (Å²) in [4.78, 5) is 0. The summed E-state index contributed by atoms with van der Waals surface area (Å²) < 4.78 is 33.0. The number of nitrogens with zero attached hydrogens (tertiary/aromatic N) is 1. The lowest BCUT2D eigenvalue weighted by Gasteiger charge is -2.31. The molecule has 0 aromatic rings. The lowest BCUT2D eigenvalue weighted by molar-refractivity contribution is 0.204. The minimum Gasteiger partial charge on any atom is -0.383 e. The first-order chi connectivity index (χ1) is 8.04. The maximum absolute atomic E-state index is 11.7. The Bertz CT molecular complexity index is 369. The number of hydrogen-bond donors (Lipinski definition) is 2. The molecule has 0 aliphatic heterocycles. The second-order valence-corrected chi connectivity index (χ2v) is 5.75. The van der Waals surface area contributed by atoms with Gasteiger partial charge in [-0.1, -0.05) is 19.3 Å². The number of nitrogens with one attached hydrogen (secondary N) is 2. The highest BCUT2D eigenvalue weighted by Crippen LogP contribution is 2.27. The molecule has 0 saturated heterocycles. The van der Waals surface area contributed by atoms with Crippen LogP contribution in [0.1, 0.15) is 32.1 Å². The number of nitriles is 1. The Kier molecular flexibility index (Phi) is 5.33. The zero-order valence-corrected chi connectivity index (χ0v) is 10.8. The summed E-state index contributed by atoms with van der Waals surface area (Å²) in [6.07, 6.45) is 3.98. The molecular weight excluding hydrogens is 242 g/mol. The van der Waals surface area contributed by atoms with Crippen LogP contribution in [0.25, 0.3) is 0 Å². The molecule has 0 amide bonds. The van der Waals surface area contributed by atoms with E-state index in [4.69, 9.17) is 10.00 Å². The van der Waals surface area contributed by atoms with Gasteiger partial charge in [0.1, 0.15) is 5.54 Å². The molecule has 1 fully saturated rings. The number of hydrogen-bond acceptors (Lipinski definition) is 4. The predicted molar refractivity (Wildman–Crippen MR) is 63.4 cm³/mol. The third-order valence-electron chi connectivity index (χ3n) is 2.85. The molecule has 0 aromatic carbocycles. The van der Waals surface area contributed by atoms with E-state index in [0.29, 0.717) is 19.4 Å². The Hall–Kier alpha value is -0.680. The number of rotatable bonds is 6. The maximum atomic E-state index is 11.7. The van der Waals surface area contributed by atoms with Crippen LogP contribution in [0.5, 0.6) is 0 Å². The standard InChI is InChI=1S/C10H19N3O3S/c1-16-8-7-12-17(14,15)13-10(9-11)5-3-2-4-6-10/h12-13H,2-8H2,1H3. The van der Waals surface area contributed by atoms with Gasteiger partial charge in [-0.25, -0.2) is 0 Å². The molecule has 0 heterocycles. The van der Waals surface area contributed by atoms with E-state index < -0.39 is 15.7 Å². The van der Waals surface area contributed by atoms with Crippen molar-refractivity contribution in [3.05, 3.63) is 0 Å². The van der Waals surface area contributed by atoms with Gasteiger partial charge < -0.3 is 4.74 Å². The fraction of sp³-hybridized carbons (Fsp3) is 0.900. The molecule has 6 nitrogen and oxygen atoms in total. The van der Waals surface area contributed by atoms with Crippen LogP contribution in [0.3, 0.4) is 0 Å². The average molecular weight is 261 g/mol. The molecule has 98 valence electrons. The highest BCUT2D eigenvalue weighted by Gasteiger charge is 2.35. The summed E-state index contributed by atoms with van der Waals surface area (Å²) in [7, 11) is -2.13. The smallest absolute Gasteiger partial charge is 0.278 e. The lowest BCUT2D eigenvalue weighted by Crippen LogP contribution is -2.52. The van der Waals surface area contributed by atoms with Gasteiger partial charge in [0.25, 0.3) is 10.2 Å². The molecule has 1 saturated carbocycles. The van der Waals surface area contributed by atoms with E-state index in [-0.39, 0.29) is 6.54 Å². The summed E-state index contributed by atoms with van der Waals surface area (Å²) in [5.41, 5.74) is -0.933. The Morgan fingerprint density at radius 2 is 2.00 bits per heavy atom. The van der Waals surface area contributed by atoms with Crippen molar-refractivity contribution in [2.75, 3.05) is 20.3 Å². The van der Waals surface area contributed by atoms with Crippen LogP contribution in [0.15, 0.2) is 0 Å². The summed E-state index contributed by atoms with van der Waals surface area (Å²) in [6, 6.07) is 2.10. The van der Waals surface area contributed by atoms with Gasteiger partial charge in [-0.15, -0.1) is 0 Å². The first kappa shape index (κ1) is 14.4. The van der Waals surface area contributed by atoms with Crippen molar-refractivity contribution >= 4 is 10.2 Å². The third-order valence-corrected chi connectivity index (χ3v) is 4.09. The normalized spacial score (nSPS) is 19.8. The van der Waals surface area contributed by atoms with E-state index in [2.05, 4.69) is 15.5 Å². The highest BCUT2D eigenvalue weighted by molar-refractivity contribution is 7.87. The van der Waals surface area contributed by atoms with Crippen molar-refractivity contribution in [3.63, 3.8) is 0 Å². The number of methoxy groups -OCH3 is 1. The molecule has 0 radical (unpaired) electrons. The average Bonchev–Trinajstić information content (AvgIpc) is 2.30. The molecule has 0 atom stereocenters. The lowest BCUT2D eigenvalue weighted by atomic mass is 9.84. The second kappa shape index (κ2) is 6.31. The van der Waals surface area contributed by atoms with Gasteiger partial charge in [-0.2, -0.15) is 23.1 Å². The predicted octanol–water partition coefficient (Wildman–Crippen LogP) is 0.283. The molecule has 17 heavy (non-hydrogen) atoms. The van der Waals surface area contributed by atoms with Crippen LogP contribution in [0, 0.1) is 11.3 Å². The molecule has 0 bridgehead atoms. The molecule has 0 spiro atoms. The minimum absolute atomic E-state index is 0.202. The van der Waals surface area contributed by atoms with Crippen molar-refractivity contribution in [3.8, 4) is 6.07 Å². The first-order valence-electron chi connectivity index (χ1n) is 5.72. The molecule has 1 rings (SSSR count). The van der Waals surface area contributed by atoms with Crippen LogP contribution in [0.4, 0.5) is 0 Å². The Labute approximate surface area is 103 Å². The molecule has 7 heteroatoms. The minimum atomic E-state index is -3.63. The van der Waals surface area contributed by atoms with Gasteiger partial charge in [0.15, 0.2) is 0 Å². The van der Waals surface area contributed by atoms with Crippen LogP contribution in [-0.4, -0.2) is 34.2 Å². The fourth-order valence-electron chi connectivity index (χ4n) is 1.96. The van der Waals surface area contributed by atoms with Crippen molar-refractivity contribution in [1.82, 2.24) is 9.44 Å². The molecular formula is C10H19N3O3S. The Morgan fingerprint density at radius 1 is 1.35 bits per heavy atom. The molecule has 1 aliphatic carbocycles. The van der Waals surface area contributed by atoms with Gasteiger partial charge in [-0.05, 0) is 12.8 Å². The highest BCUT2D eigenvalue weighted by atomic mass is 32.2. The maximum Gasteiger partial charge on any atom is 0.278 e. The van der Waals surface area contributed by atoms with Crippen molar-refractivity contribution < 1.29 is 13.2 Å². The second-order valence-electron chi connectivity index (χ2n) is 4.25. The Balaban J connectivity index is 2.58. The van der Waals surface area contributed by atoms with Gasteiger partial charge >= 0.3 is 0 Å². The van der Waals surface area contributed by atoms with E-state index >= 15 is 0 Å². The number of ether oxygens (including phenoxy) is 1. The topological polar surface area (TPSA) is 91.2 Å². The zero-order valence-electron chi connectivity index (χ0n) is 10.0. The van der Waals surface area contributed by atoms with Gasteiger partial charge in [0.05, 0.1) is 12.7 Å². The summed E-state index contributed by atoms with van der Waals surface area (Å²) in [5, 5.41) is 9.15. The summed E-state index contributed by atoms with van der Waals surface area (Å²) in [6.45, 7) is 0.508. The largest absolute Gasteiger partial charge is 0.383 e. The van der Waals surface area contributed by atoms with E-state index in [1.54, 1.807) is 0 Å². The third kappa shape index (κ3) is 4.60. The molecule has 1 aliphatic rings. The fourth-order valence-corrected chi connectivity index (χ4v) is 3.15. The molecule has 0 aromatic heterocycles. The van der Waals surface area contributed by atoms with Crippen LogP contribution in [-0.2, 0) is 14.9 Å². The van der Waals surface area contributed by atoms with Gasteiger partial charge in [-0.3, -0.25) is 0 Å². The Morgan fingerprint density at radius 3 is 2.53 bits per heavy atom. The SMILES string of the molecule is COCCNS(=O)(=O)NC1(C#N)CCCCC1. The monoisotopic (exact) mass is 261 g/mol. The molecule has 2 N–H and O–H groups in total. The quantitative estimate of drug-likeness (QED) is 0.672. The van der Waals surface area contributed by atoms with Crippen molar-refractivity contribution in [2.45, 2.75) is 37.6 Å². The van der Waals surface area contributed by atoms with Gasteiger partial charge in [0.2, 0.25) is 0 Å². The van der Waals surface area contributed by atoms with E-state index in [9.17, 15) is 8.42 Å². The van der Waals surface area contributed by atoms with Crippen molar-refractivity contribution in [1.29, 1.82) is 5.26 Å². The van der Waals surface area contributed by atoms with E-state index in [0.717, 1.165) is 19.3 Å².